The van der Waals surface area contributed by atoms with E-state index in [1.807, 2.05) is 19.3 Å². The number of aromatic nitrogens is 5. The third kappa shape index (κ3) is 1.96. The van der Waals surface area contributed by atoms with Gasteiger partial charge in [-0.15, -0.1) is 0 Å². The normalized spacial score (nSPS) is 17.0. The summed E-state index contributed by atoms with van der Waals surface area (Å²) < 4.78 is 16.6. The summed E-state index contributed by atoms with van der Waals surface area (Å²) in [6.07, 6.45) is 2.66. The van der Waals surface area contributed by atoms with Crippen molar-refractivity contribution in [2.45, 2.75) is 12.8 Å². The Kier molecular flexibility index (Phi) is 2.73. The molecule has 1 aliphatic rings. The molecule has 0 bridgehead atoms. The van der Waals surface area contributed by atoms with Crippen molar-refractivity contribution < 1.29 is 9.50 Å². The number of hydrogen-bond acceptors (Lipinski definition) is 5. The fourth-order valence-electron chi connectivity index (χ4n) is 2.58. The molecule has 7 nitrogen and oxygen atoms in total. The van der Waals surface area contributed by atoms with Gasteiger partial charge in [0.2, 0.25) is 5.95 Å². The molecule has 0 radical (unpaired) electrons. The largest absolute Gasteiger partial charge is 0.369 e. The van der Waals surface area contributed by atoms with Crippen LogP contribution in [0.25, 0.3) is 5.82 Å². The zero-order valence-electron chi connectivity index (χ0n) is 11.8. The van der Waals surface area contributed by atoms with Gasteiger partial charge < -0.3 is 10.0 Å². The van der Waals surface area contributed by atoms with Gasteiger partial charge in [-0.1, -0.05) is 6.07 Å². The van der Waals surface area contributed by atoms with Crippen LogP contribution >= 0.6 is 0 Å². The predicted octanol–water partition coefficient (Wildman–Crippen LogP) is 1.15. The number of aryl methyl sites for hydroxylation is 1. The van der Waals surface area contributed by atoms with Crippen LogP contribution in [0.15, 0.2) is 36.7 Å². The molecule has 0 saturated carbocycles. The second-order valence-electron chi connectivity index (χ2n) is 5.14. The number of anilines is 1. The lowest BCUT2D eigenvalue weighted by Crippen LogP contribution is -2.23. The fourth-order valence-corrected chi connectivity index (χ4v) is 2.58. The molecule has 4 rings (SSSR count). The molecular weight excluding hydrogens is 287 g/mol. The molecule has 3 aromatic rings. The van der Waals surface area contributed by atoms with E-state index < -0.39 is 12.2 Å². The highest BCUT2D eigenvalue weighted by molar-refractivity contribution is 5.47. The Labute approximate surface area is 125 Å². The summed E-state index contributed by atoms with van der Waals surface area (Å²) in [4.78, 5) is 5.40. The van der Waals surface area contributed by atoms with Crippen LogP contribution in [0.5, 0.6) is 0 Å². The molecule has 0 aromatic carbocycles. The zero-order chi connectivity index (χ0) is 15.3. The maximum absolute atomic E-state index is 13.2. The molecule has 4 heterocycles. The Balaban J connectivity index is 1.66. The van der Waals surface area contributed by atoms with E-state index in [1.54, 1.807) is 32.6 Å². The summed E-state index contributed by atoms with van der Waals surface area (Å²) in [5.41, 5.74) is 1.40. The van der Waals surface area contributed by atoms with Gasteiger partial charge in [0.1, 0.15) is 5.82 Å². The highest BCUT2D eigenvalue weighted by Gasteiger charge is 2.33. The van der Waals surface area contributed by atoms with Crippen LogP contribution in [-0.4, -0.2) is 29.7 Å². The number of rotatable bonds is 2. The van der Waals surface area contributed by atoms with Crippen molar-refractivity contribution in [2.75, 3.05) is 4.90 Å². The molecule has 3 aromatic heterocycles. The number of pyridine rings is 1. The van der Waals surface area contributed by atoms with E-state index in [-0.39, 0.29) is 0 Å². The van der Waals surface area contributed by atoms with Crippen LogP contribution in [0, 0.1) is 5.95 Å². The maximum atomic E-state index is 13.2. The van der Waals surface area contributed by atoms with Gasteiger partial charge in [-0.3, -0.25) is 4.68 Å². The van der Waals surface area contributed by atoms with Crippen LogP contribution in [0.1, 0.15) is 17.5 Å². The minimum Gasteiger partial charge on any atom is -0.369 e. The van der Waals surface area contributed by atoms with E-state index in [2.05, 4.69) is 15.2 Å². The van der Waals surface area contributed by atoms with E-state index in [0.29, 0.717) is 23.7 Å². The molecule has 1 aliphatic heterocycles. The van der Waals surface area contributed by atoms with Gasteiger partial charge in [0.15, 0.2) is 12.0 Å². The first kappa shape index (κ1) is 13.0. The van der Waals surface area contributed by atoms with Crippen molar-refractivity contribution in [3.63, 3.8) is 0 Å². The average molecular weight is 300 g/mol. The summed E-state index contributed by atoms with van der Waals surface area (Å²) in [5, 5.41) is 19.1. The highest BCUT2D eigenvalue weighted by atomic mass is 19.1. The first-order valence-corrected chi connectivity index (χ1v) is 6.77. The van der Waals surface area contributed by atoms with E-state index >= 15 is 0 Å². The standard InChI is InChI=1S/C14H13FN6O/c1-19-6-5-13(18-19)21-7-9-10(17-21)8-20(14(9)22)12-4-2-3-11(15)16-12/h2-7,14,22H,8H2,1H3. The molecule has 0 amide bonds. The topological polar surface area (TPSA) is 72.0 Å². The molecule has 0 aliphatic carbocycles. The van der Waals surface area contributed by atoms with Crippen LogP contribution < -0.4 is 4.90 Å². The lowest BCUT2D eigenvalue weighted by Gasteiger charge is -2.21. The fraction of sp³-hybridized carbons (Fsp3) is 0.214. The summed E-state index contributed by atoms with van der Waals surface area (Å²) in [5.74, 6) is 0.488. The Morgan fingerprint density at radius 1 is 1.23 bits per heavy atom. The number of halogens is 1. The molecule has 8 heteroatoms. The van der Waals surface area contributed by atoms with Gasteiger partial charge in [0.05, 0.1) is 12.2 Å². The molecule has 22 heavy (non-hydrogen) atoms. The molecule has 0 saturated heterocycles. The Morgan fingerprint density at radius 3 is 2.77 bits per heavy atom. The number of fused-ring (bicyclic) bond motifs is 1. The second-order valence-corrected chi connectivity index (χ2v) is 5.14. The minimum absolute atomic E-state index is 0.368. The van der Waals surface area contributed by atoms with Gasteiger partial charge in [-0.05, 0) is 12.1 Å². The third-order valence-corrected chi connectivity index (χ3v) is 3.65. The Hall–Kier alpha value is -2.74. The number of aliphatic hydroxyl groups excluding tert-OH is 1. The van der Waals surface area contributed by atoms with Crippen molar-refractivity contribution >= 4 is 5.82 Å². The van der Waals surface area contributed by atoms with Crippen LogP contribution in [0.3, 0.4) is 0 Å². The molecule has 1 unspecified atom stereocenters. The second kappa shape index (κ2) is 4.63. The Morgan fingerprint density at radius 2 is 2.09 bits per heavy atom. The van der Waals surface area contributed by atoms with Gasteiger partial charge in [0.25, 0.3) is 0 Å². The maximum Gasteiger partial charge on any atom is 0.214 e. The highest BCUT2D eigenvalue weighted by Crippen LogP contribution is 2.34. The van der Waals surface area contributed by atoms with E-state index in [9.17, 15) is 9.50 Å². The summed E-state index contributed by atoms with van der Waals surface area (Å²) in [7, 11) is 1.83. The van der Waals surface area contributed by atoms with Crippen molar-refractivity contribution in [3.05, 3.63) is 53.9 Å². The van der Waals surface area contributed by atoms with E-state index in [4.69, 9.17) is 0 Å². The van der Waals surface area contributed by atoms with Crippen molar-refractivity contribution in [1.29, 1.82) is 0 Å². The smallest absolute Gasteiger partial charge is 0.214 e. The first-order valence-electron chi connectivity index (χ1n) is 6.77. The molecule has 1 N–H and O–H groups in total. The van der Waals surface area contributed by atoms with Gasteiger partial charge in [-0.25, -0.2) is 9.67 Å². The Bertz CT molecular complexity index is 841. The number of aliphatic hydroxyl groups is 1. The average Bonchev–Trinajstić information content (AvgIpc) is 3.15. The van der Waals surface area contributed by atoms with Crippen LogP contribution in [0.2, 0.25) is 0 Å². The predicted molar refractivity (Wildman–Crippen MR) is 75.7 cm³/mol. The van der Waals surface area contributed by atoms with Gasteiger partial charge >= 0.3 is 0 Å². The summed E-state index contributed by atoms with van der Waals surface area (Å²) in [6, 6.07) is 6.33. The quantitative estimate of drug-likeness (QED) is 0.719. The van der Waals surface area contributed by atoms with Crippen molar-refractivity contribution in [1.82, 2.24) is 24.5 Å². The number of nitrogens with zero attached hydrogens (tertiary/aromatic N) is 6. The molecular formula is C14H13FN6O. The minimum atomic E-state index is -0.901. The van der Waals surface area contributed by atoms with E-state index in [0.717, 1.165) is 5.69 Å². The lowest BCUT2D eigenvalue weighted by molar-refractivity contribution is 0.180. The zero-order valence-corrected chi connectivity index (χ0v) is 11.8. The molecule has 112 valence electrons. The summed E-state index contributed by atoms with van der Waals surface area (Å²) >= 11 is 0. The molecule has 0 spiro atoms. The number of hydrogen-bond donors (Lipinski definition) is 1. The first-order chi connectivity index (χ1) is 10.6. The summed E-state index contributed by atoms with van der Waals surface area (Å²) in [6.45, 7) is 0.368. The lowest BCUT2D eigenvalue weighted by atomic mass is 10.3. The molecule has 0 fully saturated rings. The van der Waals surface area contributed by atoms with Gasteiger partial charge in [0, 0.05) is 31.1 Å². The van der Waals surface area contributed by atoms with Gasteiger partial charge in [-0.2, -0.15) is 14.6 Å². The van der Waals surface area contributed by atoms with Crippen LogP contribution in [-0.2, 0) is 13.6 Å². The van der Waals surface area contributed by atoms with E-state index in [1.165, 1.54) is 6.07 Å². The SMILES string of the molecule is Cn1ccc(-n2cc3c(n2)CN(c2cccc(F)n2)C3O)n1. The van der Waals surface area contributed by atoms with Crippen molar-refractivity contribution in [3.8, 4) is 5.82 Å². The third-order valence-electron chi connectivity index (χ3n) is 3.65. The van der Waals surface area contributed by atoms with Crippen LogP contribution in [0.4, 0.5) is 10.2 Å². The van der Waals surface area contributed by atoms with Crippen molar-refractivity contribution in [2.24, 2.45) is 7.05 Å². The molecule has 1 atom stereocenters. The monoisotopic (exact) mass is 300 g/mol.